The first-order valence-electron chi connectivity index (χ1n) is 31.3. The minimum absolute atomic E-state index is 0.0673. The highest BCUT2D eigenvalue weighted by atomic mass is 16.6. The van der Waals surface area contributed by atoms with Gasteiger partial charge in [0.1, 0.15) is 13.2 Å². The Kier molecular flexibility index (Phi) is 57.7. The SMILES string of the molecule is CCCCCCCC/C=C\CCCCCCCCCCCCCC(=O)OC[C@H](COC(=O)CCCCCCCCCCC/C=C\CCCCCCCC)OC(=O)CCCCCCCCCCCCCC. The van der Waals surface area contributed by atoms with E-state index in [1.165, 1.54) is 250 Å². The number of carbonyl (C=O) groups is 3. The lowest BCUT2D eigenvalue weighted by molar-refractivity contribution is -0.167. The van der Waals surface area contributed by atoms with E-state index in [2.05, 4.69) is 45.1 Å². The highest BCUT2D eigenvalue weighted by Crippen LogP contribution is 2.17. The zero-order valence-electron chi connectivity index (χ0n) is 47.3. The first kappa shape index (κ1) is 67.9. The summed E-state index contributed by atoms with van der Waals surface area (Å²) in [5.41, 5.74) is 0. The van der Waals surface area contributed by atoms with E-state index in [0.29, 0.717) is 19.3 Å². The Balaban J connectivity index is 4.25. The number of esters is 3. The van der Waals surface area contributed by atoms with Gasteiger partial charge in [-0.1, -0.05) is 283 Å². The van der Waals surface area contributed by atoms with Crippen molar-refractivity contribution < 1.29 is 28.6 Å². The maximum Gasteiger partial charge on any atom is 0.306 e. The van der Waals surface area contributed by atoms with Gasteiger partial charge in [0.25, 0.3) is 0 Å². The van der Waals surface area contributed by atoms with E-state index >= 15 is 0 Å². The van der Waals surface area contributed by atoms with Crippen molar-refractivity contribution in [2.24, 2.45) is 0 Å². The van der Waals surface area contributed by atoms with Crippen molar-refractivity contribution in [2.75, 3.05) is 13.2 Å². The van der Waals surface area contributed by atoms with Crippen LogP contribution in [0.4, 0.5) is 0 Å². The third kappa shape index (κ3) is 56.8. The van der Waals surface area contributed by atoms with Crippen LogP contribution in [0.1, 0.15) is 348 Å². The molecule has 0 aromatic rings. The maximum atomic E-state index is 12.9. The number of carbonyl (C=O) groups excluding carboxylic acids is 3. The molecule has 1 atom stereocenters. The van der Waals surface area contributed by atoms with E-state index in [4.69, 9.17) is 14.2 Å². The molecule has 0 heterocycles. The molecule has 0 rings (SSSR count). The lowest BCUT2D eigenvalue weighted by Gasteiger charge is -2.18. The van der Waals surface area contributed by atoms with E-state index in [1.807, 2.05) is 0 Å². The Morgan fingerprint density at radius 1 is 0.271 bits per heavy atom. The summed E-state index contributed by atoms with van der Waals surface area (Å²) in [6.07, 6.45) is 70.4. The van der Waals surface area contributed by atoms with Crippen LogP contribution >= 0.6 is 0 Å². The predicted molar refractivity (Wildman–Crippen MR) is 303 cm³/mol. The normalized spacial score (nSPS) is 12.1. The molecule has 0 N–H and O–H groups in total. The van der Waals surface area contributed by atoms with Crippen LogP contribution in [-0.2, 0) is 28.6 Å². The van der Waals surface area contributed by atoms with Crippen LogP contribution in [0.15, 0.2) is 24.3 Å². The lowest BCUT2D eigenvalue weighted by atomic mass is 10.0. The Morgan fingerprint density at radius 2 is 0.471 bits per heavy atom. The monoisotopic (exact) mass is 985 g/mol. The maximum absolute atomic E-state index is 12.9. The van der Waals surface area contributed by atoms with Crippen molar-refractivity contribution >= 4 is 17.9 Å². The molecule has 0 fully saturated rings. The smallest absolute Gasteiger partial charge is 0.306 e. The summed E-state index contributed by atoms with van der Waals surface area (Å²) in [6, 6.07) is 0. The van der Waals surface area contributed by atoms with Gasteiger partial charge in [0.05, 0.1) is 0 Å². The van der Waals surface area contributed by atoms with Gasteiger partial charge >= 0.3 is 17.9 Å². The van der Waals surface area contributed by atoms with Crippen LogP contribution in [0.3, 0.4) is 0 Å². The van der Waals surface area contributed by atoms with Crippen LogP contribution in [0, 0.1) is 0 Å². The highest BCUT2D eigenvalue weighted by Gasteiger charge is 2.19. The van der Waals surface area contributed by atoms with Crippen molar-refractivity contribution in [1.82, 2.24) is 0 Å². The van der Waals surface area contributed by atoms with Crippen molar-refractivity contribution in [3.05, 3.63) is 24.3 Å². The average Bonchev–Trinajstić information content (AvgIpc) is 3.36. The van der Waals surface area contributed by atoms with Gasteiger partial charge in [0.15, 0.2) is 6.10 Å². The van der Waals surface area contributed by atoms with Gasteiger partial charge in [0, 0.05) is 19.3 Å². The molecule has 0 saturated carbocycles. The molecule has 6 heteroatoms. The summed E-state index contributed by atoms with van der Waals surface area (Å²) >= 11 is 0. The minimum atomic E-state index is -0.768. The molecule has 0 aliphatic heterocycles. The largest absolute Gasteiger partial charge is 0.462 e. The number of ether oxygens (including phenoxy) is 3. The Labute approximate surface area is 436 Å². The van der Waals surface area contributed by atoms with Crippen LogP contribution in [0.5, 0.6) is 0 Å². The van der Waals surface area contributed by atoms with Crippen molar-refractivity contribution in [1.29, 1.82) is 0 Å². The molecule has 0 aliphatic carbocycles. The number of rotatable bonds is 58. The minimum Gasteiger partial charge on any atom is -0.462 e. The third-order valence-electron chi connectivity index (χ3n) is 14.2. The van der Waals surface area contributed by atoms with Gasteiger partial charge in [-0.05, 0) is 70.6 Å². The van der Waals surface area contributed by atoms with Crippen molar-refractivity contribution in [2.45, 2.75) is 354 Å². The molecule has 70 heavy (non-hydrogen) atoms. The van der Waals surface area contributed by atoms with E-state index in [-0.39, 0.29) is 31.1 Å². The Morgan fingerprint density at radius 3 is 0.714 bits per heavy atom. The molecule has 0 radical (unpaired) electrons. The summed E-state index contributed by atoms with van der Waals surface area (Å²) in [5, 5.41) is 0. The summed E-state index contributed by atoms with van der Waals surface area (Å²) in [4.78, 5) is 38.2. The number of allylic oxidation sites excluding steroid dienone is 4. The highest BCUT2D eigenvalue weighted by molar-refractivity contribution is 5.71. The molecule has 0 aromatic heterocycles. The Hall–Kier alpha value is -2.11. The number of unbranched alkanes of at least 4 members (excludes halogenated alkanes) is 43. The number of hydrogen-bond donors (Lipinski definition) is 0. The summed E-state index contributed by atoms with van der Waals surface area (Å²) in [6.45, 7) is 6.68. The molecule has 0 unspecified atom stereocenters. The second-order valence-electron chi connectivity index (χ2n) is 21.3. The average molecular weight is 986 g/mol. The summed E-state index contributed by atoms with van der Waals surface area (Å²) < 4.78 is 16.9. The standard InChI is InChI=1S/C64H120O6/c1-4-7-10-13-16-19-22-25-27-29-31-32-34-36-38-40-43-45-48-51-54-57-63(66)69-60-61(70-64(67)58-55-52-49-46-41-24-21-18-15-12-9-6-3)59-68-62(65)56-53-50-47-44-42-39-37-35-33-30-28-26-23-20-17-14-11-8-5-2/h25-28,61H,4-24,29-60H2,1-3H3/b27-25-,28-26-/t61-/m0/s1. The zero-order chi connectivity index (χ0) is 50.7. The van der Waals surface area contributed by atoms with Gasteiger partial charge in [-0.2, -0.15) is 0 Å². The van der Waals surface area contributed by atoms with Crippen LogP contribution in [0.25, 0.3) is 0 Å². The van der Waals surface area contributed by atoms with Gasteiger partial charge in [-0.15, -0.1) is 0 Å². The quantitative estimate of drug-likeness (QED) is 0.0261. The molecule has 0 amide bonds. The molecule has 6 nitrogen and oxygen atoms in total. The van der Waals surface area contributed by atoms with Crippen LogP contribution < -0.4 is 0 Å². The van der Waals surface area contributed by atoms with E-state index in [0.717, 1.165) is 57.8 Å². The van der Waals surface area contributed by atoms with Gasteiger partial charge in [-0.25, -0.2) is 0 Å². The second kappa shape index (κ2) is 59.5. The molecule has 0 aliphatic rings. The molecule has 0 saturated heterocycles. The third-order valence-corrected chi connectivity index (χ3v) is 14.2. The first-order chi connectivity index (χ1) is 34.5. The van der Waals surface area contributed by atoms with Crippen molar-refractivity contribution in [3.63, 3.8) is 0 Å². The fourth-order valence-corrected chi connectivity index (χ4v) is 9.44. The molecular weight excluding hydrogens is 865 g/mol. The molecule has 0 spiro atoms. The lowest BCUT2D eigenvalue weighted by Crippen LogP contribution is -2.30. The van der Waals surface area contributed by atoms with Crippen LogP contribution in [-0.4, -0.2) is 37.2 Å². The predicted octanol–water partition coefficient (Wildman–Crippen LogP) is 21.1. The molecular formula is C64H120O6. The van der Waals surface area contributed by atoms with E-state index in [1.54, 1.807) is 0 Å². The number of hydrogen-bond acceptors (Lipinski definition) is 6. The summed E-state index contributed by atoms with van der Waals surface area (Å²) in [7, 11) is 0. The van der Waals surface area contributed by atoms with Gasteiger partial charge in [-0.3, -0.25) is 14.4 Å². The van der Waals surface area contributed by atoms with E-state index in [9.17, 15) is 14.4 Å². The fourth-order valence-electron chi connectivity index (χ4n) is 9.44. The first-order valence-corrected chi connectivity index (χ1v) is 31.3. The second-order valence-corrected chi connectivity index (χ2v) is 21.3. The van der Waals surface area contributed by atoms with E-state index < -0.39 is 6.10 Å². The summed E-state index contributed by atoms with van der Waals surface area (Å²) in [5.74, 6) is -0.846. The zero-order valence-corrected chi connectivity index (χ0v) is 47.3. The van der Waals surface area contributed by atoms with Gasteiger partial charge in [0.2, 0.25) is 0 Å². The van der Waals surface area contributed by atoms with Crippen molar-refractivity contribution in [3.8, 4) is 0 Å². The van der Waals surface area contributed by atoms with Crippen LogP contribution in [0.2, 0.25) is 0 Å². The molecule has 0 aromatic carbocycles. The molecule has 412 valence electrons. The molecule has 0 bridgehead atoms. The Bertz CT molecular complexity index is 1130. The fraction of sp³-hybridized carbons (Fsp3) is 0.891. The van der Waals surface area contributed by atoms with Gasteiger partial charge < -0.3 is 14.2 Å². The topological polar surface area (TPSA) is 78.9 Å².